The van der Waals surface area contributed by atoms with Crippen LogP contribution in [0.5, 0.6) is 11.9 Å². The molecule has 1 aromatic heterocycles. The van der Waals surface area contributed by atoms with E-state index in [9.17, 15) is 10.1 Å². The molecule has 0 aliphatic heterocycles. The summed E-state index contributed by atoms with van der Waals surface area (Å²) in [6.45, 7) is 0. The Morgan fingerprint density at radius 2 is 1.88 bits per heavy atom. The second-order valence-corrected chi connectivity index (χ2v) is 5.39. The molecule has 0 aliphatic rings. The van der Waals surface area contributed by atoms with Crippen LogP contribution in [0.4, 0.5) is 11.5 Å². The van der Waals surface area contributed by atoms with Gasteiger partial charge in [-0.3, -0.25) is 4.79 Å². The van der Waals surface area contributed by atoms with E-state index in [1.165, 1.54) is 26.4 Å². The van der Waals surface area contributed by atoms with E-state index in [0.29, 0.717) is 0 Å². The van der Waals surface area contributed by atoms with Crippen molar-refractivity contribution >= 4 is 23.5 Å². The zero-order valence-corrected chi connectivity index (χ0v) is 15.0. The van der Waals surface area contributed by atoms with Crippen LogP contribution < -0.4 is 19.7 Å². The molecule has 0 bridgehead atoms. The van der Waals surface area contributed by atoms with Crippen molar-refractivity contribution in [2.24, 2.45) is 0 Å². The molecular weight excluding hydrogens is 334 g/mol. The van der Waals surface area contributed by atoms with Gasteiger partial charge in [-0.2, -0.15) is 15.2 Å². The first-order valence-electron chi connectivity index (χ1n) is 7.64. The van der Waals surface area contributed by atoms with Gasteiger partial charge in [-0.1, -0.05) is 12.1 Å². The van der Waals surface area contributed by atoms with E-state index in [1.807, 2.05) is 49.3 Å². The number of nitrogens with one attached hydrogen (secondary N) is 1. The summed E-state index contributed by atoms with van der Waals surface area (Å²) in [5.74, 6) is -0.191. The molecule has 0 fully saturated rings. The third kappa shape index (κ3) is 4.70. The van der Waals surface area contributed by atoms with E-state index >= 15 is 0 Å². The van der Waals surface area contributed by atoms with E-state index in [-0.39, 0.29) is 23.3 Å². The van der Waals surface area contributed by atoms with Crippen LogP contribution in [0.3, 0.4) is 0 Å². The van der Waals surface area contributed by atoms with Gasteiger partial charge in [0.05, 0.1) is 14.2 Å². The average Bonchev–Trinajstić information content (AvgIpc) is 2.65. The summed E-state index contributed by atoms with van der Waals surface area (Å²) in [6, 6.07) is 10.8. The quantitative estimate of drug-likeness (QED) is 0.627. The third-order valence-corrected chi connectivity index (χ3v) is 3.40. The molecule has 0 radical (unpaired) electrons. The molecule has 1 heterocycles. The Bertz CT molecular complexity index is 832. The van der Waals surface area contributed by atoms with E-state index < -0.39 is 5.91 Å². The van der Waals surface area contributed by atoms with E-state index in [2.05, 4.69) is 15.3 Å². The Morgan fingerprint density at radius 1 is 1.19 bits per heavy atom. The molecule has 26 heavy (non-hydrogen) atoms. The van der Waals surface area contributed by atoms with Crippen LogP contribution in [-0.2, 0) is 4.79 Å². The molecule has 134 valence electrons. The molecule has 0 saturated heterocycles. The lowest BCUT2D eigenvalue weighted by atomic mass is 10.1. The Balaban J connectivity index is 2.22. The van der Waals surface area contributed by atoms with Crippen molar-refractivity contribution in [3.63, 3.8) is 0 Å². The number of rotatable bonds is 6. The maximum atomic E-state index is 12.4. The number of carbonyl (C=O) groups is 1. The lowest BCUT2D eigenvalue weighted by Gasteiger charge is -2.12. The molecule has 1 aromatic carbocycles. The van der Waals surface area contributed by atoms with Gasteiger partial charge in [-0.05, 0) is 23.8 Å². The fourth-order valence-electron chi connectivity index (χ4n) is 2.03. The molecule has 0 spiro atoms. The van der Waals surface area contributed by atoms with Gasteiger partial charge >= 0.3 is 6.01 Å². The van der Waals surface area contributed by atoms with Crippen molar-refractivity contribution in [1.82, 2.24) is 9.97 Å². The first-order valence-corrected chi connectivity index (χ1v) is 7.64. The average molecular weight is 353 g/mol. The molecule has 0 aliphatic carbocycles. The summed E-state index contributed by atoms with van der Waals surface area (Å²) in [7, 11) is 6.70. The molecule has 2 aromatic rings. The van der Waals surface area contributed by atoms with Crippen LogP contribution in [-0.4, -0.2) is 44.2 Å². The zero-order valence-electron chi connectivity index (χ0n) is 15.0. The maximum Gasteiger partial charge on any atom is 0.321 e. The summed E-state index contributed by atoms with van der Waals surface area (Å²) in [5.41, 5.74) is 1.70. The minimum absolute atomic E-state index is 0.0430. The van der Waals surface area contributed by atoms with E-state index in [1.54, 1.807) is 0 Å². The molecule has 0 atom stereocenters. The fraction of sp³-hybridized carbons (Fsp3) is 0.222. The predicted molar refractivity (Wildman–Crippen MR) is 98.1 cm³/mol. The number of methoxy groups -OCH3 is 2. The molecule has 8 heteroatoms. The number of benzene rings is 1. The number of hydrogen-bond donors (Lipinski definition) is 1. The van der Waals surface area contributed by atoms with Crippen molar-refractivity contribution in [3.05, 3.63) is 41.5 Å². The zero-order chi connectivity index (χ0) is 19.1. The van der Waals surface area contributed by atoms with Crippen LogP contribution in [0.1, 0.15) is 5.56 Å². The van der Waals surface area contributed by atoms with Crippen LogP contribution in [0.25, 0.3) is 6.08 Å². The topological polar surface area (TPSA) is 100 Å². The van der Waals surface area contributed by atoms with Gasteiger partial charge in [-0.25, -0.2) is 0 Å². The highest BCUT2D eigenvalue weighted by atomic mass is 16.5. The smallest absolute Gasteiger partial charge is 0.321 e. The molecule has 0 saturated carbocycles. The van der Waals surface area contributed by atoms with Gasteiger partial charge in [0.1, 0.15) is 17.5 Å². The van der Waals surface area contributed by atoms with Crippen LogP contribution in [0.2, 0.25) is 0 Å². The largest absolute Gasteiger partial charge is 0.481 e. The van der Waals surface area contributed by atoms with E-state index in [0.717, 1.165) is 11.3 Å². The minimum atomic E-state index is -0.591. The number of anilines is 2. The monoisotopic (exact) mass is 353 g/mol. The second kappa shape index (κ2) is 8.48. The Kier molecular flexibility index (Phi) is 6.11. The Hall–Kier alpha value is -3.60. The fourth-order valence-corrected chi connectivity index (χ4v) is 2.03. The molecule has 2 rings (SSSR count). The van der Waals surface area contributed by atoms with Gasteiger partial charge in [0.15, 0.2) is 0 Å². The van der Waals surface area contributed by atoms with Crippen LogP contribution in [0, 0.1) is 11.3 Å². The van der Waals surface area contributed by atoms with Gasteiger partial charge in [0, 0.05) is 25.8 Å². The number of nitrogens with zero attached hydrogens (tertiary/aromatic N) is 4. The number of ether oxygens (including phenoxy) is 2. The summed E-state index contributed by atoms with van der Waals surface area (Å²) >= 11 is 0. The van der Waals surface area contributed by atoms with Crippen molar-refractivity contribution in [1.29, 1.82) is 5.26 Å². The number of nitriles is 1. The number of aromatic nitrogens is 2. The summed E-state index contributed by atoms with van der Waals surface area (Å²) in [4.78, 5) is 22.3. The highest BCUT2D eigenvalue weighted by Gasteiger charge is 2.13. The lowest BCUT2D eigenvalue weighted by molar-refractivity contribution is -0.112. The van der Waals surface area contributed by atoms with Crippen molar-refractivity contribution in [3.8, 4) is 18.0 Å². The highest BCUT2D eigenvalue weighted by Crippen LogP contribution is 2.18. The van der Waals surface area contributed by atoms with E-state index in [4.69, 9.17) is 9.47 Å². The normalized spacial score (nSPS) is 10.7. The molecule has 1 N–H and O–H groups in total. The summed E-state index contributed by atoms with van der Waals surface area (Å²) in [6.07, 6.45) is 1.50. The van der Waals surface area contributed by atoms with Crippen molar-refractivity contribution in [2.45, 2.75) is 0 Å². The number of hydrogen-bond acceptors (Lipinski definition) is 7. The number of amides is 1. The minimum Gasteiger partial charge on any atom is -0.481 e. The van der Waals surface area contributed by atoms with Crippen LogP contribution >= 0.6 is 0 Å². The standard InChI is InChI=1S/C18H19N5O3/c1-23(2)14-7-5-12(6-8-14)9-13(11-19)17(24)20-15-10-16(25-3)22-18(21-15)26-4/h5-10H,1-4H3,(H,20,21,22,24)/b13-9+. The van der Waals surface area contributed by atoms with Gasteiger partial charge in [-0.15, -0.1) is 0 Å². The molecule has 0 unspecified atom stereocenters. The Morgan fingerprint density at radius 3 is 2.42 bits per heavy atom. The first-order chi connectivity index (χ1) is 12.5. The predicted octanol–water partition coefficient (Wildman–Crippen LogP) is 2.11. The maximum absolute atomic E-state index is 12.4. The third-order valence-electron chi connectivity index (χ3n) is 3.40. The van der Waals surface area contributed by atoms with Gasteiger partial charge < -0.3 is 19.7 Å². The van der Waals surface area contributed by atoms with Gasteiger partial charge in [0.2, 0.25) is 5.88 Å². The summed E-state index contributed by atoms with van der Waals surface area (Å²) < 4.78 is 9.98. The van der Waals surface area contributed by atoms with Crippen molar-refractivity contribution in [2.75, 3.05) is 38.5 Å². The highest BCUT2D eigenvalue weighted by molar-refractivity contribution is 6.09. The molecular formula is C18H19N5O3. The summed E-state index contributed by atoms with van der Waals surface area (Å²) in [5, 5.41) is 11.9. The SMILES string of the molecule is COc1cc(NC(=O)/C(C#N)=C/c2ccc(N(C)C)cc2)nc(OC)n1. The van der Waals surface area contributed by atoms with Gasteiger partial charge in [0.25, 0.3) is 5.91 Å². The number of carbonyl (C=O) groups excluding carboxylic acids is 1. The van der Waals surface area contributed by atoms with Crippen molar-refractivity contribution < 1.29 is 14.3 Å². The molecule has 1 amide bonds. The van der Waals surface area contributed by atoms with Crippen LogP contribution in [0.15, 0.2) is 35.9 Å². The first kappa shape index (κ1) is 18.7. The second-order valence-electron chi connectivity index (χ2n) is 5.39. The molecule has 8 nitrogen and oxygen atoms in total. The lowest BCUT2D eigenvalue weighted by Crippen LogP contribution is -2.15. The Labute approximate surface area is 151 Å².